The quantitative estimate of drug-likeness (QED) is 0.260. The van der Waals surface area contributed by atoms with Gasteiger partial charge in [-0.25, -0.2) is 10.2 Å². The molecule has 3 N–H and O–H groups in total. The van der Waals surface area contributed by atoms with Crippen LogP contribution in [0.5, 0.6) is 0 Å². The number of hydrazone groups is 1. The van der Waals surface area contributed by atoms with Crippen LogP contribution in [0, 0.1) is 5.92 Å². The monoisotopic (exact) mass is 257 g/mol. The van der Waals surface area contributed by atoms with Crippen LogP contribution in [0.4, 0.5) is 0 Å². The number of hydrogen-bond acceptors (Lipinski definition) is 4. The Bertz CT molecular complexity index is 274. The molecule has 0 atom stereocenters. The van der Waals surface area contributed by atoms with Crippen molar-refractivity contribution in [1.29, 1.82) is 0 Å². The number of carbonyl (C=O) groups is 2. The zero-order valence-corrected chi connectivity index (χ0v) is 11.1. The van der Waals surface area contributed by atoms with E-state index >= 15 is 0 Å². The van der Waals surface area contributed by atoms with Gasteiger partial charge in [0.1, 0.15) is 0 Å². The number of nitrogens with two attached hydrogens (primary N) is 1. The van der Waals surface area contributed by atoms with E-state index in [1.54, 1.807) is 6.92 Å². The van der Waals surface area contributed by atoms with Gasteiger partial charge >= 0.3 is 5.97 Å². The van der Waals surface area contributed by atoms with Gasteiger partial charge in [0.15, 0.2) is 0 Å². The number of amides is 1. The second kappa shape index (κ2) is 10.6. The molecule has 0 aromatic rings. The molecule has 0 heterocycles. The second-order valence-corrected chi connectivity index (χ2v) is 4.02. The highest BCUT2D eigenvalue weighted by Crippen LogP contribution is 2.26. The highest BCUT2D eigenvalue weighted by molar-refractivity contribution is 6.34. The van der Waals surface area contributed by atoms with Gasteiger partial charge in [-0.2, -0.15) is 0 Å². The molecule has 0 radical (unpaired) electrons. The van der Waals surface area contributed by atoms with Gasteiger partial charge in [-0.1, -0.05) is 39.0 Å². The van der Waals surface area contributed by atoms with E-state index in [4.69, 9.17) is 5.73 Å². The molecule has 1 rings (SSSR count). The van der Waals surface area contributed by atoms with Gasteiger partial charge in [-0.3, -0.25) is 4.79 Å². The van der Waals surface area contributed by atoms with Crippen LogP contribution in [0.15, 0.2) is 5.10 Å². The minimum Gasteiger partial charge on any atom is -0.460 e. The second-order valence-electron chi connectivity index (χ2n) is 4.02. The first-order valence-electron chi connectivity index (χ1n) is 6.35. The summed E-state index contributed by atoms with van der Waals surface area (Å²) in [6.45, 7) is 4.16. The van der Waals surface area contributed by atoms with E-state index in [9.17, 15) is 9.59 Å². The normalized spacial score (nSPS) is 15.6. The summed E-state index contributed by atoms with van der Waals surface area (Å²) in [5.74, 6) is -0.0270. The van der Waals surface area contributed by atoms with E-state index in [2.05, 4.69) is 16.8 Å². The summed E-state index contributed by atoms with van der Waals surface area (Å²) < 4.78 is 4.45. The van der Waals surface area contributed by atoms with E-state index in [0.29, 0.717) is 6.41 Å². The summed E-state index contributed by atoms with van der Waals surface area (Å²) in [7, 11) is 0. The maximum atomic E-state index is 10.6. The maximum absolute atomic E-state index is 10.6. The van der Waals surface area contributed by atoms with Crippen molar-refractivity contribution >= 4 is 18.2 Å². The molecule has 1 fully saturated rings. The summed E-state index contributed by atoms with van der Waals surface area (Å²) in [6.07, 6.45) is 7.73. The van der Waals surface area contributed by atoms with E-state index < -0.39 is 5.97 Å². The summed E-state index contributed by atoms with van der Waals surface area (Å²) >= 11 is 0. The van der Waals surface area contributed by atoms with Crippen molar-refractivity contribution in [2.24, 2.45) is 16.8 Å². The van der Waals surface area contributed by atoms with E-state index in [-0.39, 0.29) is 12.4 Å². The lowest BCUT2D eigenvalue weighted by Crippen LogP contribution is -2.28. The number of rotatable bonds is 4. The Morgan fingerprint density at radius 1 is 1.44 bits per heavy atom. The number of nitrogens with zero attached hydrogens (tertiary/aromatic N) is 1. The average molecular weight is 257 g/mol. The number of carbonyl (C=O) groups excluding carboxylic acids is 2. The fourth-order valence-corrected chi connectivity index (χ4v) is 1.77. The van der Waals surface area contributed by atoms with Gasteiger partial charge in [0.05, 0.1) is 6.61 Å². The van der Waals surface area contributed by atoms with Crippen LogP contribution < -0.4 is 11.2 Å². The molecule has 6 heteroatoms. The fraction of sp³-hybridized carbons (Fsp3) is 0.750. The average Bonchev–Trinajstić information content (AvgIpc) is 2.90. The minimum absolute atomic E-state index is 0.218. The molecule has 0 aromatic carbocycles. The molecule has 0 aliphatic heterocycles. The van der Waals surface area contributed by atoms with E-state index in [1.165, 1.54) is 32.1 Å². The summed E-state index contributed by atoms with van der Waals surface area (Å²) in [5, 5.41) is 3.16. The van der Waals surface area contributed by atoms with Crippen LogP contribution in [-0.2, 0) is 14.3 Å². The molecule has 6 nitrogen and oxygen atoms in total. The largest absolute Gasteiger partial charge is 0.460 e. The van der Waals surface area contributed by atoms with Gasteiger partial charge in [0.2, 0.25) is 12.2 Å². The molecule has 0 saturated heterocycles. The number of nitrogens with one attached hydrogen (secondary N) is 1. The topological polar surface area (TPSA) is 93.8 Å². The highest BCUT2D eigenvalue weighted by Gasteiger charge is 2.11. The number of amidine groups is 1. The van der Waals surface area contributed by atoms with Gasteiger partial charge < -0.3 is 10.5 Å². The molecule has 1 aliphatic rings. The number of ether oxygens (including phenoxy) is 1. The molecular formula is C12H23N3O3. The van der Waals surface area contributed by atoms with Crippen molar-refractivity contribution in [2.45, 2.75) is 46.0 Å². The molecule has 0 bridgehead atoms. The van der Waals surface area contributed by atoms with Crippen molar-refractivity contribution in [3.63, 3.8) is 0 Å². The molecule has 0 aromatic heterocycles. The molecule has 1 amide bonds. The molecular weight excluding hydrogens is 234 g/mol. The maximum Gasteiger partial charge on any atom is 0.375 e. The first-order chi connectivity index (χ1) is 8.65. The standard InChI is InChI=1S/C7H14.C5H9N3O3/c1-2-7-5-3-4-6-7;1-2-11-5(10)4(6)8-7-3-9/h7H,2-6H2,1H3;3H,2H2,1H3,(H2,6,8)(H,7,9). The van der Waals surface area contributed by atoms with Crippen molar-refractivity contribution in [3.05, 3.63) is 0 Å². The number of esters is 1. The van der Waals surface area contributed by atoms with Crippen molar-refractivity contribution < 1.29 is 14.3 Å². The summed E-state index contributed by atoms with van der Waals surface area (Å²) in [4.78, 5) is 20.3. The Hall–Kier alpha value is -1.59. The smallest absolute Gasteiger partial charge is 0.375 e. The molecule has 18 heavy (non-hydrogen) atoms. The highest BCUT2D eigenvalue weighted by atomic mass is 16.5. The Morgan fingerprint density at radius 2 is 2.06 bits per heavy atom. The van der Waals surface area contributed by atoms with Crippen LogP contribution in [0.25, 0.3) is 0 Å². The zero-order chi connectivity index (χ0) is 13.8. The predicted molar refractivity (Wildman–Crippen MR) is 69.7 cm³/mol. The Kier molecular flexibility index (Phi) is 9.62. The third-order valence-corrected chi connectivity index (χ3v) is 2.77. The summed E-state index contributed by atoms with van der Waals surface area (Å²) in [5.41, 5.74) is 6.91. The Labute approximate surface area is 108 Å². The zero-order valence-electron chi connectivity index (χ0n) is 11.1. The first kappa shape index (κ1) is 16.4. The third-order valence-electron chi connectivity index (χ3n) is 2.77. The lowest BCUT2D eigenvalue weighted by molar-refractivity contribution is -0.135. The SMILES string of the molecule is CCC1CCCC1.CCOC(=O)/C(N)=N/NC=O. The minimum atomic E-state index is -0.748. The van der Waals surface area contributed by atoms with Gasteiger partial charge in [-0.15, -0.1) is 5.10 Å². The van der Waals surface area contributed by atoms with Crippen molar-refractivity contribution in [2.75, 3.05) is 6.61 Å². The van der Waals surface area contributed by atoms with Crippen LogP contribution in [-0.4, -0.2) is 24.8 Å². The third kappa shape index (κ3) is 7.65. The lowest BCUT2D eigenvalue weighted by atomic mass is 10.1. The van der Waals surface area contributed by atoms with Crippen LogP contribution in [0.3, 0.4) is 0 Å². The molecule has 1 aliphatic carbocycles. The number of hydrogen-bond donors (Lipinski definition) is 2. The van der Waals surface area contributed by atoms with E-state index in [0.717, 1.165) is 5.92 Å². The molecule has 1 saturated carbocycles. The van der Waals surface area contributed by atoms with Gasteiger partial charge in [-0.05, 0) is 12.8 Å². The summed E-state index contributed by atoms with van der Waals surface area (Å²) in [6, 6.07) is 0. The van der Waals surface area contributed by atoms with Crippen LogP contribution in [0.2, 0.25) is 0 Å². The van der Waals surface area contributed by atoms with Gasteiger partial charge in [0, 0.05) is 0 Å². The molecule has 104 valence electrons. The predicted octanol–water partition coefficient (Wildman–Crippen LogP) is 1.15. The molecule has 0 spiro atoms. The van der Waals surface area contributed by atoms with Crippen molar-refractivity contribution in [1.82, 2.24) is 5.43 Å². The Morgan fingerprint density at radius 3 is 2.44 bits per heavy atom. The van der Waals surface area contributed by atoms with E-state index in [1.807, 2.05) is 5.43 Å². The van der Waals surface area contributed by atoms with Crippen molar-refractivity contribution in [3.8, 4) is 0 Å². The fourth-order valence-electron chi connectivity index (χ4n) is 1.77. The van der Waals surface area contributed by atoms with Crippen LogP contribution in [0.1, 0.15) is 46.0 Å². The van der Waals surface area contributed by atoms with Gasteiger partial charge in [0.25, 0.3) is 0 Å². The first-order valence-corrected chi connectivity index (χ1v) is 6.35. The van der Waals surface area contributed by atoms with Crippen LogP contribution >= 0.6 is 0 Å². The Balaban J connectivity index is 0.000000351. The molecule has 0 unspecified atom stereocenters. The lowest BCUT2D eigenvalue weighted by Gasteiger charge is -1.99.